The van der Waals surface area contributed by atoms with Crippen molar-refractivity contribution >= 4 is 48.6 Å². The van der Waals surface area contributed by atoms with Crippen LogP contribution in [0.2, 0.25) is 0 Å². The van der Waals surface area contributed by atoms with Crippen molar-refractivity contribution in [1.29, 1.82) is 0 Å². The Balaban J connectivity index is 0. The van der Waals surface area contributed by atoms with Gasteiger partial charge in [-0.1, -0.05) is 6.07 Å². The smallest absolute Gasteiger partial charge is 0.0995 e. The third-order valence-corrected chi connectivity index (χ3v) is 1.95. The standard InChI is InChI=1S/C8H6N2S.3ClH/c1-2-4-9-7(3-1)8-5-11-6-10-8;;;/h1-6H;3*1H. The van der Waals surface area contributed by atoms with Crippen molar-refractivity contribution in [2.75, 3.05) is 0 Å². The maximum absolute atomic E-state index is 4.17. The van der Waals surface area contributed by atoms with Gasteiger partial charge in [0.25, 0.3) is 0 Å². The molecule has 0 aliphatic carbocycles. The fourth-order valence-electron chi connectivity index (χ4n) is 0.853. The van der Waals surface area contributed by atoms with Gasteiger partial charge in [-0.25, -0.2) is 4.98 Å². The van der Waals surface area contributed by atoms with E-state index in [0.29, 0.717) is 0 Å². The SMILES string of the molecule is Cl.Cl.Cl.c1ccc(-c2cscn2)nc1. The molecule has 0 atom stereocenters. The van der Waals surface area contributed by atoms with Gasteiger partial charge in [0.15, 0.2) is 0 Å². The van der Waals surface area contributed by atoms with E-state index in [-0.39, 0.29) is 37.2 Å². The van der Waals surface area contributed by atoms with Crippen LogP contribution in [0.5, 0.6) is 0 Å². The highest BCUT2D eigenvalue weighted by Crippen LogP contribution is 2.14. The van der Waals surface area contributed by atoms with Gasteiger partial charge in [0, 0.05) is 11.6 Å². The summed E-state index contributed by atoms with van der Waals surface area (Å²) in [5, 5.41) is 1.99. The molecule has 0 unspecified atom stereocenters. The third-order valence-electron chi connectivity index (χ3n) is 1.36. The van der Waals surface area contributed by atoms with Gasteiger partial charge < -0.3 is 0 Å². The molecule has 0 amide bonds. The molecule has 0 aromatic carbocycles. The molecule has 14 heavy (non-hydrogen) atoms. The number of halogens is 3. The lowest BCUT2D eigenvalue weighted by Gasteiger charge is -1.91. The van der Waals surface area contributed by atoms with Gasteiger partial charge in [0.05, 0.1) is 16.9 Å². The molecule has 0 radical (unpaired) electrons. The number of rotatable bonds is 1. The van der Waals surface area contributed by atoms with E-state index in [1.807, 2.05) is 29.1 Å². The Morgan fingerprint density at radius 3 is 2.21 bits per heavy atom. The molecule has 2 rings (SSSR count). The second-order valence-corrected chi connectivity index (χ2v) is 2.81. The zero-order valence-corrected chi connectivity index (χ0v) is 10.3. The fraction of sp³-hybridized carbons (Fsp3) is 0. The lowest BCUT2D eigenvalue weighted by Crippen LogP contribution is -1.79. The first-order valence-electron chi connectivity index (χ1n) is 3.26. The number of thiazole rings is 1. The molecule has 0 N–H and O–H groups in total. The molecular formula is C8H9Cl3N2S. The van der Waals surface area contributed by atoms with E-state index in [1.54, 1.807) is 17.5 Å². The van der Waals surface area contributed by atoms with Gasteiger partial charge in [-0.2, -0.15) is 0 Å². The van der Waals surface area contributed by atoms with Crippen LogP contribution in [-0.4, -0.2) is 9.97 Å². The Bertz CT molecular complexity index is 326. The molecule has 78 valence electrons. The molecule has 0 saturated heterocycles. The monoisotopic (exact) mass is 270 g/mol. The minimum atomic E-state index is 0. The van der Waals surface area contributed by atoms with Crippen LogP contribution in [0.3, 0.4) is 0 Å². The summed E-state index contributed by atoms with van der Waals surface area (Å²) in [6.07, 6.45) is 1.77. The van der Waals surface area contributed by atoms with Crippen LogP contribution in [0.25, 0.3) is 11.4 Å². The predicted molar refractivity (Wildman–Crippen MR) is 67.1 cm³/mol. The highest BCUT2D eigenvalue weighted by atomic mass is 35.5. The lowest BCUT2D eigenvalue weighted by molar-refractivity contribution is 1.28. The zero-order chi connectivity index (χ0) is 7.52. The van der Waals surface area contributed by atoms with E-state index in [4.69, 9.17) is 0 Å². The summed E-state index contributed by atoms with van der Waals surface area (Å²) in [7, 11) is 0. The van der Waals surface area contributed by atoms with E-state index >= 15 is 0 Å². The summed E-state index contributed by atoms with van der Waals surface area (Å²) in [4.78, 5) is 8.31. The van der Waals surface area contributed by atoms with Gasteiger partial charge in [-0.05, 0) is 12.1 Å². The number of pyridine rings is 1. The molecule has 0 bridgehead atoms. The Morgan fingerprint density at radius 1 is 0.929 bits per heavy atom. The average Bonchev–Trinajstić information content (AvgIpc) is 2.58. The number of nitrogens with zero attached hydrogens (tertiary/aromatic N) is 2. The molecule has 2 aromatic heterocycles. The quantitative estimate of drug-likeness (QED) is 0.794. The van der Waals surface area contributed by atoms with Crippen LogP contribution in [0.15, 0.2) is 35.3 Å². The molecule has 2 aromatic rings. The van der Waals surface area contributed by atoms with Gasteiger partial charge in [-0.15, -0.1) is 48.6 Å². The molecule has 0 saturated carbocycles. The molecule has 0 fully saturated rings. The van der Waals surface area contributed by atoms with Gasteiger partial charge >= 0.3 is 0 Å². The maximum atomic E-state index is 4.17. The molecule has 0 spiro atoms. The van der Waals surface area contributed by atoms with Crippen LogP contribution in [0, 0.1) is 0 Å². The van der Waals surface area contributed by atoms with E-state index in [1.165, 1.54) is 0 Å². The third kappa shape index (κ3) is 3.80. The Morgan fingerprint density at radius 2 is 1.71 bits per heavy atom. The fourth-order valence-corrected chi connectivity index (χ4v) is 1.40. The van der Waals surface area contributed by atoms with Gasteiger partial charge in [0.1, 0.15) is 0 Å². The van der Waals surface area contributed by atoms with Crippen molar-refractivity contribution in [1.82, 2.24) is 9.97 Å². The summed E-state index contributed by atoms with van der Waals surface area (Å²) in [6.45, 7) is 0. The minimum absolute atomic E-state index is 0. The molecule has 2 nitrogen and oxygen atoms in total. The lowest BCUT2D eigenvalue weighted by atomic mass is 10.3. The van der Waals surface area contributed by atoms with E-state index in [0.717, 1.165) is 11.4 Å². The Kier molecular flexibility index (Phi) is 9.20. The van der Waals surface area contributed by atoms with Crippen molar-refractivity contribution in [3.05, 3.63) is 35.3 Å². The first-order valence-corrected chi connectivity index (χ1v) is 4.21. The van der Waals surface area contributed by atoms with Crippen LogP contribution in [0.1, 0.15) is 0 Å². The summed E-state index contributed by atoms with van der Waals surface area (Å²) < 4.78 is 0. The van der Waals surface area contributed by atoms with Crippen LogP contribution < -0.4 is 0 Å². The summed E-state index contributed by atoms with van der Waals surface area (Å²) in [5.41, 5.74) is 3.70. The zero-order valence-electron chi connectivity index (χ0n) is 6.99. The number of hydrogen-bond acceptors (Lipinski definition) is 3. The maximum Gasteiger partial charge on any atom is 0.0995 e. The van der Waals surface area contributed by atoms with Crippen LogP contribution >= 0.6 is 48.6 Å². The second-order valence-electron chi connectivity index (χ2n) is 2.09. The van der Waals surface area contributed by atoms with Crippen LogP contribution in [-0.2, 0) is 0 Å². The Hall–Kier alpha value is -0.350. The number of hydrogen-bond donors (Lipinski definition) is 0. The molecule has 0 aliphatic heterocycles. The van der Waals surface area contributed by atoms with Gasteiger partial charge in [-0.3, -0.25) is 4.98 Å². The Labute approximate surface area is 105 Å². The van der Waals surface area contributed by atoms with Crippen molar-refractivity contribution in [2.45, 2.75) is 0 Å². The summed E-state index contributed by atoms with van der Waals surface area (Å²) >= 11 is 1.58. The van der Waals surface area contributed by atoms with Crippen molar-refractivity contribution in [2.24, 2.45) is 0 Å². The average molecular weight is 272 g/mol. The summed E-state index contributed by atoms with van der Waals surface area (Å²) in [6, 6.07) is 5.81. The van der Waals surface area contributed by atoms with Crippen LogP contribution in [0.4, 0.5) is 0 Å². The largest absolute Gasteiger partial charge is 0.255 e. The first-order chi connectivity index (χ1) is 5.47. The highest BCUT2D eigenvalue weighted by Gasteiger charge is 1.97. The first kappa shape index (κ1) is 16.1. The molecule has 6 heteroatoms. The summed E-state index contributed by atoms with van der Waals surface area (Å²) in [5.74, 6) is 0. The van der Waals surface area contributed by atoms with Crippen molar-refractivity contribution in [3.63, 3.8) is 0 Å². The second kappa shape index (κ2) is 8.00. The normalized spacial score (nSPS) is 7.71. The van der Waals surface area contributed by atoms with E-state index in [2.05, 4.69) is 9.97 Å². The molecular weight excluding hydrogens is 263 g/mol. The minimum Gasteiger partial charge on any atom is -0.255 e. The van der Waals surface area contributed by atoms with E-state index in [9.17, 15) is 0 Å². The molecule has 0 aliphatic rings. The van der Waals surface area contributed by atoms with Gasteiger partial charge in [0.2, 0.25) is 0 Å². The topological polar surface area (TPSA) is 25.8 Å². The molecule has 2 heterocycles. The van der Waals surface area contributed by atoms with Crippen molar-refractivity contribution in [3.8, 4) is 11.4 Å². The van der Waals surface area contributed by atoms with E-state index < -0.39 is 0 Å². The predicted octanol–water partition coefficient (Wildman–Crippen LogP) is 3.47. The van der Waals surface area contributed by atoms with Crippen molar-refractivity contribution < 1.29 is 0 Å². The number of aromatic nitrogens is 2. The highest BCUT2D eigenvalue weighted by molar-refractivity contribution is 7.07.